The zero-order valence-electron chi connectivity index (χ0n) is 57.9. The first-order chi connectivity index (χ1) is 42.7. The van der Waals surface area contributed by atoms with Gasteiger partial charge < -0.3 is 46.1 Å². The highest BCUT2D eigenvalue weighted by molar-refractivity contribution is 5.90. The highest BCUT2D eigenvalue weighted by atomic mass is 19.4. The molecule has 0 aliphatic carbocycles. The Kier molecular flexibility index (Phi) is 49.6. The molecular formula is C71H113F6N5O10. The number of primary amides is 1. The molecule has 0 saturated carbocycles. The number of methoxy groups -OCH3 is 1. The molecule has 1 aliphatic rings. The first-order valence-corrected chi connectivity index (χ1v) is 31.8. The van der Waals surface area contributed by atoms with Crippen molar-refractivity contribution in [2.75, 3.05) is 38.7 Å². The summed E-state index contributed by atoms with van der Waals surface area (Å²) in [5.74, 6) is 2.84. The van der Waals surface area contributed by atoms with Crippen molar-refractivity contribution in [1.29, 1.82) is 0 Å². The summed E-state index contributed by atoms with van der Waals surface area (Å²) in [5.41, 5.74) is 9.00. The minimum Gasteiger partial charge on any atom is -0.487 e. The van der Waals surface area contributed by atoms with Crippen molar-refractivity contribution in [3.8, 4) is 5.75 Å². The number of carbonyl (C=O) groups excluding carboxylic acids is 5. The molecular weight excluding hydrogens is 1200 g/mol. The molecule has 1 fully saturated rings. The van der Waals surface area contributed by atoms with Gasteiger partial charge in [0, 0.05) is 51.1 Å². The van der Waals surface area contributed by atoms with Crippen LogP contribution < -0.4 is 21.1 Å². The van der Waals surface area contributed by atoms with Crippen molar-refractivity contribution in [2.45, 2.75) is 200 Å². The van der Waals surface area contributed by atoms with Gasteiger partial charge in [-0.2, -0.15) is 26.3 Å². The number of aliphatic hydroxyl groups is 3. The maximum absolute atomic E-state index is 11.6. The van der Waals surface area contributed by atoms with Crippen molar-refractivity contribution in [3.63, 3.8) is 0 Å². The van der Waals surface area contributed by atoms with E-state index in [1.807, 2.05) is 125 Å². The monoisotopic (exact) mass is 1310 g/mol. The summed E-state index contributed by atoms with van der Waals surface area (Å²) in [7, 11) is 1.34. The lowest BCUT2D eigenvalue weighted by molar-refractivity contribution is -0.207. The third kappa shape index (κ3) is 54.0. The molecule has 7 N–H and O–H groups in total. The third-order valence-electron chi connectivity index (χ3n) is 12.1. The van der Waals surface area contributed by atoms with Gasteiger partial charge in [0.1, 0.15) is 30.7 Å². The van der Waals surface area contributed by atoms with Crippen molar-refractivity contribution >= 4 is 35.3 Å². The normalized spacial score (nSPS) is 12.3. The Morgan fingerprint density at radius 1 is 0.609 bits per heavy atom. The minimum atomic E-state index is -4.45. The first kappa shape index (κ1) is 89.6. The van der Waals surface area contributed by atoms with Crippen LogP contribution >= 0.6 is 0 Å². The number of halogens is 6. The molecule has 524 valence electrons. The lowest BCUT2D eigenvalue weighted by atomic mass is 10.00. The van der Waals surface area contributed by atoms with Gasteiger partial charge in [-0.25, -0.2) is 9.78 Å². The zero-order valence-corrected chi connectivity index (χ0v) is 57.9. The predicted octanol–water partition coefficient (Wildman–Crippen LogP) is 15.6. The Balaban J connectivity index is -0.00000102. The van der Waals surface area contributed by atoms with E-state index in [2.05, 4.69) is 68.7 Å². The summed E-state index contributed by atoms with van der Waals surface area (Å²) in [6.07, 6.45) is -5.15. The number of nitrogens with two attached hydrogens (primary N) is 1. The maximum Gasteiger partial charge on any atom is 0.414 e. The van der Waals surface area contributed by atoms with Crippen molar-refractivity contribution in [1.82, 2.24) is 15.2 Å². The van der Waals surface area contributed by atoms with Gasteiger partial charge in [-0.15, -0.1) is 0 Å². The number of nitrogens with zero attached hydrogens (tertiary/aromatic N) is 2. The van der Waals surface area contributed by atoms with Crippen LogP contribution in [-0.2, 0) is 36.9 Å². The van der Waals surface area contributed by atoms with E-state index in [0.29, 0.717) is 67.2 Å². The van der Waals surface area contributed by atoms with Crippen LogP contribution in [0, 0.1) is 47.3 Å². The van der Waals surface area contributed by atoms with E-state index in [1.54, 1.807) is 45.1 Å². The van der Waals surface area contributed by atoms with Crippen molar-refractivity contribution < 1.29 is 75.1 Å². The highest BCUT2D eigenvalue weighted by Crippen LogP contribution is 2.25. The molecule has 2 heterocycles. The number of carbonyl (C=O) groups is 5. The average molecular weight is 1310 g/mol. The number of nitrogens with one attached hydrogen (secondary N) is 2. The van der Waals surface area contributed by atoms with Gasteiger partial charge in [-0.05, 0) is 127 Å². The number of anilines is 1. The fourth-order valence-corrected chi connectivity index (χ4v) is 7.60. The van der Waals surface area contributed by atoms with E-state index in [4.69, 9.17) is 20.7 Å². The minimum absolute atomic E-state index is 0.0817. The predicted molar refractivity (Wildman–Crippen MR) is 356 cm³/mol. The molecule has 1 saturated heterocycles. The molecule has 4 amide bonds. The van der Waals surface area contributed by atoms with Gasteiger partial charge >= 0.3 is 18.3 Å². The summed E-state index contributed by atoms with van der Waals surface area (Å²) < 4.78 is 79.7. The Morgan fingerprint density at radius 2 is 1.11 bits per heavy atom. The molecule has 5 rings (SSSR count). The number of alkyl halides is 6. The largest absolute Gasteiger partial charge is 0.487 e. The van der Waals surface area contributed by atoms with E-state index in [-0.39, 0.29) is 54.2 Å². The summed E-state index contributed by atoms with van der Waals surface area (Å²) >= 11 is 0. The van der Waals surface area contributed by atoms with Crippen LogP contribution in [0.5, 0.6) is 5.75 Å². The molecule has 1 aromatic heterocycles. The third-order valence-corrected chi connectivity index (χ3v) is 12.1. The van der Waals surface area contributed by atoms with E-state index in [1.165, 1.54) is 25.5 Å². The quantitative estimate of drug-likeness (QED) is 0.0320. The van der Waals surface area contributed by atoms with Gasteiger partial charge in [0.05, 0.1) is 18.9 Å². The van der Waals surface area contributed by atoms with E-state index in [0.717, 1.165) is 49.4 Å². The number of aromatic nitrogens is 1. The molecule has 2 unspecified atom stereocenters. The smallest absolute Gasteiger partial charge is 0.414 e. The average Bonchev–Trinajstić information content (AvgIpc) is 1.50. The Morgan fingerprint density at radius 3 is 1.49 bits per heavy atom. The number of aliphatic hydroxyl groups excluding tert-OH is 3. The van der Waals surface area contributed by atoms with Gasteiger partial charge in [0.2, 0.25) is 23.6 Å². The Hall–Kier alpha value is -6.58. The first-order valence-electron chi connectivity index (χ1n) is 31.8. The second-order valence-corrected chi connectivity index (χ2v) is 25.5. The van der Waals surface area contributed by atoms with Gasteiger partial charge in [0.15, 0.2) is 0 Å². The lowest BCUT2D eigenvalue weighted by Crippen LogP contribution is -2.34. The molecule has 21 heteroatoms. The highest BCUT2D eigenvalue weighted by Gasteiger charge is 2.38. The second-order valence-electron chi connectivity index (χ2n) is 25.5. The maximum atomic E-state index is 11.6. The number of ether oxygens (including phenoxy) is 2. The number of amides is 4. The van der Waals surface area contributed by atoms with E-state index < -0.39 is 36.9 Å². The standard InChI is InChI=1S/C18H21NO3.C11H15NO.C10H14O.C9H17NO.C7H12F3NO.C6H11F3O.C5H11NO.C5H12O/c1-13(2)11-14-7-9-16(10-8-14)22-12-15-5-4-6-17(19-15)18(20)21-3;1-9(2)8-11(13)12-10-6-4-3-5-7-10;1-8(2)10(11)9-6-4-3-5-7-9;1-8(2)7-9(11)10-5-3-4-6-10;1-5(2)3-6(12)11-4-7(8,9)10;1-4(2)3-5(10)6(7,8)9;1-4(2)3-5(6)7;1-5(2)3-4-6/h4-10,13H,11-12H2,1-3H3;3-7,9H,8H2,1-2H3,(H,12,13);3-8,10-11H,1-2H3;8H,3-7H2,1-2H3;5H,3-4H2,1-2H3,(H,11,12);4-5,10H,3H2,1-2H3;4H,3H2,1-2H3,(H2,6,7);5-6H,3-4H2,1-2H3. The Labute approximate surface area is 546 Å². The number of benzene rings is 3. The second kappa shape index (κ2) is 50.9. The fraction of sp³-hybridized carbons (Fsp3) is 0.606. The van der Waals surface area contributed by atoms with Gasteiger partial charge in [0.25, 0.3) is 0 Å². The summed E-state index contributed by atoms with van der Waals surface area (Å²) in [4.78, 5) is 61.1. The number of likely N-dealkylation sites (tertiary alicyclic amines) is 1. The van der Waals surface area contributed by atoms with Gasteiger partial charge in [-0.3, -0.25) is 19.2 Å². The molecule has 0 bridgehead atoms. The van der Waals surface area contributed by atoms with Gasteiger partial charge in [-0.1, -0.05) is 178 Å². The van der Waals surface area contributed by atoms with Crippen molar-refractivity contribution in [3.05, 3.63) is 126 Å². The number of para-hydroxylation sites is 1. The van der Waals surface area contributed by atoms with Crippen LogP contribution in [-0.4, -0.2) is 107 Å². The zero-order chi connectivity index (χ0) is 71.2. The molecule has 2 atom stereocenters. The van der Waals surface area contributed by atoms with E-state index >= 15 is 0 Å². The number of hydrogen-bond acceptors (Lipinski definition) is 11. The summed E-state index contributed by atoms with van der Waals surface area (Å²) in [5, 5.41) is 30.9. The topological polar surface area (TPSA) is 231 Å². The Bertz CT molecular complexity index is 2530. The molecule has 92 heavy (non-hydrogen) atoms. The number of hydrogen-bond donors (Lipinski definition) is 6. The number of pyridine rings is 1. The number of esters is 1. The molecule has 4 aromatic rings. The van der Waals surface area contributed by atoms with Crippen LogP contribution in [0.1, 0.15) is 196 Å². The molecule has 0 radical (unpaired) electrons. The fourth-order valence-electron chi connectivity index (χ4n) is 7.60. The molecule has 15 nitrogen and oxygen atoms in total. The molecule has 0 spiro atoms. The summed E-state index contributed by atoms with van der Waals surface area (Å²) in [6.45, 7) is 33.0. The molecule has 3 aromatic carbocycles. The molecule has 1 aliphatic heterocycles. The van der Waals surface area contributed by atoms with Crippen molar-refractivity contribution in [2.24, 2.45) is 53.1 Å². The van der Waals surface area contributed by atoms with E-state index in [9.17, 15) is 55.4 Å². The lowest BCUT2D eigenvalue weighted by Gasteiger charge is -2.16. The van der Waals surface area contributed by atoms with Crippen LogP contribution in [0.15, 0.2) is 103 Å². The number of rotatable bonds is 22. The van der Waals surface area contributed by atoms with Crippen LogP contribution in [0.2, 0.25) is 0 Å². The SMILES string of the molecule is CC(C)C(O)c1ccccc1.CC(C)CC(=O)N1CCCC1.CC(C)CC(=O)NCC(F)(F)F.CC(C)CC(=O)Nc1ccccc1.CC(C)CC(N)=O.CC(C)CC(O)C(F)(F)F.CC(C)CCO.COC(=O)c1cccc(COc2ccc(CC(C)C)cc2)n1. The van der Waals surface area contributed by atoms with Crippen LogP contribution in [0.3, 0.4) is 0 Å². The summed E-state index contributed by atoms with van der Waals surface area (Å²) in [6, 6.07) is 32.5. The van der Waals surface area contributed by atoms with Crippen LogP contribution in [0.25, 0.3) is 0 Å². The van der Waals surface area contributed by atoms with Crippen LogP contribution in [0.4, 0.5) is 32.0 Å².